The molecule has 26 heavy (non-hydrogen) atoms. The van der Waals surface area contributed by atoms with Crippen LogP contribution in [0.1, 0.15) is 41.7 Å². The first-order valence-corrected chi connectivity index (χ1v) is 10.0. The van der Waals surface area contributed by atoms with Crippen molar-refractivity contribution in [2.45, 2.75) is 44.7 Å². The molecule has 0 aliphatic carbocycles. The maximum Gasteiger partial charge on any atom is 0.222 e. The summed E-state index contributed by atoms with van der Waals surface area (Å²) in [5, 5.41) is 12.1. The number of aryl methyl sites for hydroxylation is 1. The van der Waals surface area contributed by atoms with Gasteiger partial charge in [-0.2, -0.15) is 0 Å². The van der Waals surface area contributed by atoms with Crippen molar-refractivity contribution in [3.63, 3.8) is 0 Å². The van der Waals surface area contributed by atoms with Crippen molar-refractivity contribution < 1.29 is 4.79 Å². The summed E-state index contributed by atoms with van der Waals surface area (Å²) in [6.45, 7) is 4.35. The average Bonchev–Trinajstić information content (AvgIpc) is 3.26. The van der Waals surface area contributed by atoms with Crippen molar-refractivity contribution >= 4 is 41.3 Å². The molecular formula is C17H23Cl2N5OS. The zero-order valence-corrected chi connectivity index (χ0v) is 16.9. The quantitative estimate of drug-likeness (QED) is 0.833. The second-order valence-electron chi connectivity index (χ2n) is 6.66. The largest absolute Gasteiger partial charge is 0.343 e. The number of amides is 1. The predicted octanol–water partition coefficient (Wildman–Crippen LogP) is 2.86. The third-order valence-electron chi connectivity index (χ3n) is 5.08. The number of likely N-dealkylation sites (tertiary alicyclic amines) is 1. The Hall–Kier alpha value is -1.15. The van der Waals surface area contributed by atoms with E-state index in [-0.39, 0.29) is 18.3 Å². The van der Waals surface area contributed by atoms with E-state index in [0.29, 0.717) is 12.3 Å². The van der Waals surface area contributed by atoms with Crippen LogP contribution < -0.4 is 5.32 Å². The summed E-state index contributed by atoms with van der Waals surface area (Å²) < 4.78 is 3.05. The normalized spacial score (nSPS) is 17.7. The van der Waals surface area contributed by atoms with Gasteiger partial charge in [0, 0.05) is 43.4 Å². The van der Waals surface area contributed by atoms with Gasteiger partial charge in [-0.1, -0.05) is 11.6 Å². The topological polar surface area (TPSA) is 63.1 Å². The van der Waals surface area contributed by atoms with Crippen LogP contribution in [0.5, 0.6) is 0 Å². The molecule has 2 aromatic heterocycles. The molecule has 4 heterocycles. The van der Waals surface area contributed by atoms with Crippen LogP contribution in [0, 0.1) is 0 Å². The molecule has 0 radical (unpaired) electrons. The number of fused-ring (bicyclic) bond motifs is 1. The zero-order valence-electron chi connectivity index (χ0n) is 14.5. The molecule has 0 aromatic carbocycles. The maximum absolute atomic E-state index is 12.5. The van der Waals surface area contributed by atoms with E-state index in [1.807, 2.05) is 17.0 Å². The molecule has 1 N–H and O–H groups in total. The SMILES string of the molecule is Cl.O=C(CCc1ccc(Cl)s1)N1CCC(c2nnc3n2CCNC3)CC1. The van der Waals surface area contributed by atoms with Gasteiger partial charge in [-0.15, -0.1) is 33.9 Å². The fourth-order valence-corrected chi connectivity index (χ4v) is 4.77. The summed E-state index contributed by atoms with van der Waals surface area (Å²) >= 11 is 7.51. The molecule has 0 saturated carbocycles. The molecule has 142 valence electrons. The fraction of sp³-hybridized carbons (Fsp3) is 0.588. The molecule has 1 fully saturated rings. The molecular weight excluding hydrogens is 393 g/mol. The molecule has 6 nitrogen and oxygen atoms in total. The van der Waals surface area contributed by atoms with Crippen LogP contribution in [0.25, 0.3) is 0 Å². The summed E-state index contributed by atoms with van der Waals surface area (Å²) in [6, 6.07) is 3.90. The van der Waals surface area contributed by atoms with Crippen LogP contribution in [0.15, 0.2) is 12.1 Å². The minimum absolute atomic E-state index is 0. The van der Waals surface area contributed by atoms with E-state index in [1.165, 1.54) is 4.88 Å². The Bertz CT molecular complexity index is 754. The Kier molecular flexibility index (Phi) is 6.55. The van der Waals surface area contributed by atoms with E-state index in [2.05, 4.69) is 20.1 Å². The van der Waals surface area contributed by atoms with E-state index >= 15 is 0 Å². The van der Waals surface area contributed by atoms with Crippen molar-refractivity contribution in [3.05, 3.63) is 33.0 Å². The lowest BCUT2D eigenvalue weighted by molar-refractivity contribution is -0.132. The molecule has 0 atom stereocenters. The number of thiophene rings is 1. The highest BCUT2D eigenvalue weighted by Gasteiger charge is 2.28. The fourth-order valence-electron chi connectivity index (χ4n) is 3.68. The van der Waals surface area contributed by atoms with Crippen LogP contribution in [0.3, 0.4) is 0 Å². The summed E-state index contributed by atoms with van der Waals surface area (Å²) in [5.74, 6) is 2.81. The Labute approximate surface area is 168 Å². The van der Waals surface area contributed by atoms with E-state index in [9.17, 15) is 4.79 Å². The molecule has 4 rings (SSSR count). The van der Waals surface area contributed by atoms with E-state index in [0.717, 1.165) is 68.0 Å². The molecule has 0 bridgehead atoms. The summed E-state index contributed by atoms with van der Waals surface area (Å²) in [7, 11) is 0. The van der Waals surface area contributed by atoms with E-state index in [1.54, 1.807) is 11.3 Å². The average molecular weight is 416 g/mol. The monoisotopic (exact) mass is 415 g/mol. The van der Waals surface area contributed by atoms with Gasteiger partial charge in [-0.25, -0.2) is 0 Å². The van der Waals surface area contributed by atoms with Crippen LogP contribution in [-0.4, -0.2) is 45.2 Å². The summed E-state index contributed by atoms with van der Waals surface area (Å²) in [6.07, 6.45) is 3.29. The number of carbonyl (C=O) groups is 1. The number of nitrogens with one attached hydrogen (secondary N) is 1. The van der Waals surface area contributed by atoms with Gasteiger partial charge in [0.15, 0.2) is 0 Å². The van der Waals surface area contributed by atoms with Crippen molar-refractivity contribution in [2.24, 2.45) is 0 Å². The van der Waals surface area contributed by atoms with E-state index in [4.69, 9.17) is 11.6 Å². The number of carbonyl (C=O) groups excluding carboxylic acids is 1. The minimum Gasteiger partial charge on any atom is -0.343 e. The second-order valence-corrected chi connectivity index (χ2v) is 8.46. The molecule has 0 spiro atoms. The lowest BCUT2D eigenvalue weighted by Crippen LogP contribution is -2.39. The predicted molar refractivity (Wildman–Crippen MR) is 105 cm³/mol. The molecule has 9 heteroatoms. The number of rotatable bonds is 4. The number of aromatic nitrogens is 3. The lowest BCUT2D eigenvalue weighted by Gasteiger charge is -2.32. The molecule has 2 aromatic rings. The Morgan fingerprint density at radius 2 is 2.08 bits per heavy atom. The van der Waals surface area contributed by atoms with Crippen LogP contribution in [-0.2, 0) is 24.3 Å². The standard InChI is InChI=1S/C17H22ClN5OS.ClH/c18-14-3-1-13(25-14)2-4-16(24)22-8-5-12(6-9-22)17-21-20-15-11-19-7-10-23(15)17;/h1,3,12,19H,2,4-11H2;1H. The third-order valence-corrected chi connectivity index (χ3v) is 6.37. The number of hydrogen-bond donors (Lipinski definition) is 1. The van der Waals surface area contributed by atoms with Gasteiger partial charge >= 0.3 is 0 Å². The molecule has 2 aliphatic heterocycles. The zero-order chi connectivity index (χ0) is 17.2. The van der Waals surface area contributed by atoms with Crippen molar-refractivity contribution in [2.75, 3.05) is 19.6 Å². The van der Waals surface area contributed by atoms with Gasteiger partial charge in [0.05, 0.1) is 10.9 Å². The molecule has 1 saturated heterocycles. The van der Waals surface area contributed by atoms with Crippen molar-refractivity contribution in [1.82, 2.24) is 25.0 Å². The Morgan fingerprint density at radius 1 is 1.27 bits per heavy atom. The smallest absolute Gasteiger partial charge is 0.222 e. The Balaban J connectivity index is 0.00000196. The van der Waals surface area contributed by atoms with Crippen molar-refractivity contribution in [3.8, 4) is 0 Å². The first-order chi connectivity index (χ1) is 12.2. The van der Waals surface area contributed by atoms with Crippen molar-refractivity contribution in [1.29, 1.82) is 0 Å². The highest BCUT2D eigenvalue weighted by atomic mass is 35.5. The van der Waals surface area contributed by atoms with Gasteiger partial charge in [-0.05, 0) is 31.4 Å². The van der Waals surface area contributed by atoms with Crippen LogP contribution in [0.2, 0.25) is 4.34 Å². The van der Waals surface area contributed by atoms with Gasteiger partial charge in [0.2, 0.25) is 5.91 Å². The summed E-state index contributed by atoms with van der Waals surface area (Å²) in [5.41, 5.74) is 0. The first-order valence-electron chi connectivity index (χ1n) is 8.85. The molecule has 2 aliphatic rings. The van der Waals surface area contributed by atoms with Gasteiger partial charge in [0.1, 0.15) is 11.6 Å². The number of nitrogens with zero attached hydrogens (tertiary/aromatic N) is 4. The van der Waals surface area contributed by atoms with Gasteiger partial charge in [-0.3, -0.25) is 4.79 Å². The minimum atomic E-state index is 0. The van der Waals surface area contributed by atoms with Crippen LogP contribution in [0.4, 0.5) is 0 Å². The third kappa shape index (κ3) is 4.22. The highest BCUT2D eigenvalue weighted by molar-refractivity contribution is 7.16. The summed E-state index contributed by atoms with van der Waals surface area (Å²) in [4.78, 5) is 15.6. The Morgan fingerprint density at radius 3 is 2.81 bits per heavy atom. The highest BCUT2D eigenvalue weighted by Crippen LogP contribution is 2.28. The molecule has 0 unspecified atom stereocenters. The number of halogens is 2. The van der Waals surface area contributed by atoms with Gasteiger partial charge < -0.3 is 14.8 Å². The second kappa shape index (κ2) is 8.69. The maximum atomic E-state index is 12.5. The number of piperidine rings is 1. The number of hydrogen-bond acceptors (Lipinski definition) is 5. The van der Waals surface area contributed by atoms with E-state index < -0.39 is 0 Å². The van der Waals surface area contributed by atoms with Crippen LogP contribution >= 0.6 is 35.3 Å². The first kappa shape index (κ1) is 19.6. The lowest BCUT2D eigenvalue weighted by atomic mass is 9.95. The molecule has 1 amide bonds. The van der Waals surface area contributed by atoms with Gasteiger partial charge in [0.25, 0.3) is 0 Å².